The largest absolute Gasteiger partial charge is 0.389 e. The highest BCUT2D eigenvalue weighted by molar-refractivity contribution is 5.18. The van der Waals surface area contributed by atoms with E-state index < -0.39 is 5.60 Å². The summed E-state index contributed by atoms with van der Waals surface area (Å²) in [7, 11) is 0. The summed E-state index contributed by atoms with van der Waals surface area (Å²) in [6.45, 7) is 4.21. The predicted molar refractivity (Wildman–Crippen MR) is 70.6 cm³/mol. The smallest absolute Gasteiger partial charge is 0.0746 e. The molecule has 2 nitrogen and oxygen atoms in total. The first-order valence-electron chi connectivity index (χ1n) is 7.42. The minimum absolute atomic E-state index is 0.308. The van der Waals surface area contributed by atoms with Gasteiger partial charge in [-0.2, -0.15) is 5.26 Å². The first-order valence-corrected chi connectivity index (χ1v) is 7.42. The van der Waals surface area contributed by atoms with Crippen LogP contribution in [0.25, 0.3) is 0 Å². The summed E-state index contributed by atoms with van der Waals surface area (Å²) in [6, 6.07) is 2.29. The SMILES string of the molecule is C=C1CCCC[C@@H]1[C@]1(O)C[C@H](CC#N)C[C@H]2C[C@H]21. The molecule has 0 aliphatic heterocycles. The summed E-state index contributed by atoms with van der Waals surface area (Å²) in [6.07, 6.45) is 8.47. The van der Waals surface area contributed by atoms with Crippen molar-refractivity contribution < 1.29 is 5.11 Å². The van der Waals surface area contributed by atoms with Crippen molar-refractivity contribution >= 4 is 0 Å². The maximum atomic E-state index is 11.2. The summed E-state index contributed by atoms with van der Waals surface area (Å²) in [5, 5.41) is 20.1. The van der Waals surface area contributed by atoms with Gasteiger partial charge in [-0.25, -0.2) is 0 Å². The van der Waals surface area contributed by atoms with Crippen LogP contribution in [0.1, 0.15) is 51.4 Å². The Kier molecular flexibility index (Phi) is 2.98. The van der Waals surface area contributed by atoms with Gasteiger partial charge < -0.3 is 5.11 Å². The lowest BCUT2D eigenvalue weighted by Gasteiger charge is -2.44. The summed E-state index contributed by atoms with van der Waals surface area (Å²) in [5.41, 5.74) is 0.745. The van der Waals surface area contributed by atoms with Crippen molar-refractivity contribution in [2.75, 3.05) is 0 Å². The second kappa shape index (κ2) is 4.38. The third-order valence-electron chi connectivity index (χ3n) is 5.53. The van der Waals surface area contributed by atoms with Gasteiger partial charge in [0.1, 0.15) is 0 Å². The Labute approximate surface area is 110 Å². The highest BCUT2D eigenvalue weighted by Gasteiger charge is 2.59. The van der Waals surface area contributed by atoms with E-state index in [-0.39, 0.29) is 0 Å². The Morgan fingerprint density at radius 1 is 1.39 bits per heavy atom. The lowest BCUT2D eigenvalue weighted by molar-refractivity contribution is -0.0721. The molecule has 0 radical (unpaired) electrons. The first kappa shape index (κ1) is 12.2. The average molecular weight is 245 g/mol. The second-order valence-corrected chi connectivity index (χ2v) is 6.72. The normalized spacial score (nSPS) is 47.2. The standard InChI is InChI=1S/C16H23NO/c1-11-4-2-3-5-14(11)16(18)10-12(6-7-17)8-13-9-15(13)16/h12-15,18H,1-6,8-10H2/t12-,13+,14+,15-,16-/m1/s1. The molecule has 0 amide bonds. The minimum atomic E-state index is -0.526. The van der Waals surface area contributed by atoms with E-state index in [2.05, 4.69) is 12.6 Å². The number of hydrogen-bond acceptors (Lipinski definition) is 2. The molecule has 0 aromatic rings. The zero-order valence-electron chi connectivity index (χ0n) is 11.1. The quantitative estimate of drug-likeness (QED) is 0.757. The van der Waals surface area contributed by atoms with Crippen molar-refractivity contribution in [3.8, 4) is 6.07 Å². The zero-order valence-corrected chi connectivity index (χ0v) is 11.1. The van der Waals surface area contributed by atoms with Gasteiger partial charge in [-0.1, -0.05) is 18.6 Å². The molecule has 0 aromatic carbocycles. The summed E-state index contributed by atoms with van der Waals surface area (Å²) in [4.78, 5) is 0. The van der Waals surface area contributed by atoms with Crippen LogP contribution in [0.3, 0.4) is 0 Å². The van der Waals surface area contributed by atoms with E-state index in [0.29, 0.717) is 30.1 Å². The third-order valence-corrected chi connectivity index (χ3v) is 5.53. The maximum absolute atomic E-state index is 11.2. The van der Waals surface area contributed by atoms with Crippen LogP contribution in [0.4, 0.5) is 0 Å². The highest BCUT2D eigenvalue weighted by Crippen LogP contribution is 2.61. The van der Waals surface area contributed by atoms with Crippen LogP contribution >= 0.6 is 0 Å². The van der Waals surface area contributed by atoms with Gasteiger partial charge in [-0.3, -0.25) is 0 Å². The van der Waals surface area contributed by atoms with Crippen LogP contribution in [0.5, 0.6) is 0 Å². The van der Waals surface area contributed by atoms with E-state index in [9.17, 15) is 5.11 Å². The van der Waals surface area contributed by atoms with Crippen LogP contribution in [-0.2, 0) is 0 Å². The predicted octanol–water partition coefficient (Wildman–Crippen LogP) is 3.42. The van der Waals surface area contributed by atoms with Crippen LogP contribution in [0, 0.1) is 35.0 Å². The van der Waals surface area contributed by atoms with E-state index in [4.69, 9.17) is 5.26 Å². The van der Waals surface area contributed by atoms with Gasteiger partial charge in [-0.15, -0.1) is 0 Å². The minimum Gasteiger partial charge on any atom is -0.389 e. The lowest BCUT2D eigenvalue weighted by Crippen LogP contribution is -2.46. The molecule has 0 saturated heterocycles. The fourth-order valence-corrected chi connectivity index (χ4v) is 4.61. The molecule has 3 saturated carbocycles. The van der Waals surface area contributed by atoms with Crippen LogP contribution in [-0.4, -0.2) is 10.7 Å². The van der Waals surface area contributed by atoms with Crippen LogP contribution < -0.4 is 0 Å². The van der Waals surface area contributed by atoms with E-state index in [0.717, 1.165) is 19.3 Å². The fourth-order valence-electron chi connectivity index (χ4n) is 4.61. The van der Waals surface area contributed by atoms with Gasteiger partial charge in [0.25, 0.3) is 0 Å². The topological polar surface area (TPSA) is 44.0 Å². The van der Waals surface area contributed by atoms with Gasteiger partial charge in [0.15, 0.2) is 0 Å². The molecular weight excluding hydrogens is 222 g/mol. The highest BCUT2D eigenvalue weighted by atomic mass is 16.3. The number of nitrogens with zero attached hydrogens (tertiary/aromatic N) is 1. The molecule has 2 heteroatoms. The van der Waals surface area contributed by atoms with Crippen molar-refractivity contribution in [2.24, 2.45) is 23.7 Å². The Morgan fingerprint density at radius 2 is 2.22 bits per heavy atom. The van der Waals surface area contributed by atoms with Crippen molar-refractivity contribution in [2.45, 2.75) is 57.0 Å². The van der Waals surface area contributed by atoms with Crippen molar-refractivity contribution in [3.05, 3.63) is 12.2 Å². The van der Waals surface area contributed by atoms with Crippen LogP contribution in [0.2, 0.25) is 0 Å². The number of hydrogen-bond donors (Lipinski definition) is 1. The molecule has 18 heavy (non-hydrogen) atoms. The molecule has 3 rings (SSSR count). The number of fused-ring (bicyclic) bond motifs is 1. The fraction of sp³-hybridized carbons (Fsp3) is 0.812. The molecule has 3 aliphatic rings. The van der Waals surface area contributed by atoms with E-state index >= 15 is 0 Å². The van der Waals surface area contributed by atoms with E-state index in [1.165, 1.54) is 31.3 Å². The molecular formula is C16H23NO. The molecule has 1 N–H and O–H groups in total. The second-order valence-electron chi connectivity index (χ2n) is 6.72. The molecule has 5 atom stereocenters. The van der Waals surface area contributed by atoms with Crippen molar-refractivity contribution in [1.82, 2.24) is 0 Å². The number of nitriles is 1. The summed E-state index contributed by atoms with van der Waals surface area (Å²) < 4.78 is 0. The van der Waals surface area contributed by atoms with Gasteiger partial charge in [0.05, 0.1) is 11.7 Å². The molecule has 0 heterocycles. The summed E-state index contributed by atoms with van der Waals surface area (Å²) in [5.74, 6) is 1.92. The van der Waals surface area contributed by atoms with E-state index in [1.54, 1.807) is 0 Å². The number of rotatable bonds is 2. The molecule has 0 aromatic heterocycles. The average Bonchev–Trinajstić information content (AvgIpc) is 3.10. The Bertz CT molecular complexity index is 396. The molecule has 0 spiro atoms. The summed E-state index contributed by atoms with van der Waals surface area (Å²) >= 11 is 0. The molecule has 3 fully saturated rings. The van der Waals surface area contributed by atoms with Gasteiger partial charge in [0, 0.05) is 12.3 Å². The van der Waals surface area contributed by atoms with E-state index in [1.807, 2.05) is 0 Å². The molecule has 0 bridgehead atoms. The first-order chi connectivity index (χ1) is 8.65. The third kappa shape index (κ3) is 1.89. The monoisotopic (exact) mass is 245 g/mol. The van der Waals surface area contributed by atoms with Crippen molar-refractivity contribution in [1.29, 1.82) is 5.26 Å². The Balaban J connectivity index is 1.79. The van der Waals surface area contributed by atoms with Gasteiger partial charge in [0.2, 0.25) is 0 Å². The van der Waals surface area contributed by atoms with Gasteiger partial charge >= 0.3 is 0 Å². The molecule has 98 valence electrons. The maximum Gasteiger partial charge on any atom is 0.0746 e. The number of aliphatic hydroxyl groups is 1. The van der Waals surface area contributed by atoms with Gasteiger partial charge in [-0.05, 0) is 56.3 Å². The Hall–Kier alpha value is -0.810. The lowest BCUT2D eigenvalue weighted by atomic mass is 9.65. The van der Waals surface area contributed by atoms with Crippen LogP contribution in [0.15, 0.2) is 12.2 Å². The van der Waals surface area contributed by atoms with Crippen molar-refractivity contribution in [3.63, 3.8) is 0 Å². The zero-order chi connectivity index (χ0) is 12.8. The molecule has 0 unspecified atom stereocenters. The molecule has 3 aliphatic carbocycles. The Morgan fingerprint density at radius 3 is 2.94 bits per heavy atom.